The number of hydrogen-bond acceptors (Lipinski definition) is 5. The molecular weight excluding hydrogens is 274 g/mol. The molecule has 0 bridgehead atoms. The van der Waals surface area contributed by atoms with Gasteiger partial charge in [-0.1, -0.05) is 0 Å². The van der Waals surface area contributed by atoms with E-state index in [2.05, 4.69) is 5.32 Å². The van der Waals surface area contributed by atoms with Crippen LogP contribution in [0.15, 0.2) is 24.3 Å². The Morgan fingerprint density at radius 2 is 1.86 bits per heavy atom. The number of nitrogens with one attached hydrogen (secondary N) is 1. The zero-order valence-corrected chi connectivity index (χ0v) is 12.5. The number of carbonyl (C=O) groups is 1. The Hall–Kier alpha value is -1.79. The number of rotatable bonds is 10. The summed E-state index contributed by atoms with van der Waals surface area (Å²) in [6.07, 6.45) is 0.447. The molecular formula is C15H23NO5. The van der Waals surface area contributed by atoms with E-state index in [0.717, 1.165) is 5.75 Å². The number of hydrogen-bond donors (Lipinski definition) is 2. The summed E-state index contributed by atoms with van der Waals surface area (Å²) in [5.74, 6) is 1.11. The second-order valence-electron chi connectivity index (χ2n) is 4.43. The molecule has 0 aliphatic rings. The molecule has 1 aromatic rings. The Bertz CT molecular complexity index is 401. The van der Waals surface area contributed by atoms with Gasteiger partial charge in [-0.3, -0.25) is 4.79 Å². The Kier molecular flexibility index (Phi) is 8.23. The van der Waals surface area contributed by atoms with Crippen molar-refractivity contribution in [3.63, 3.8) is 0 Å². The molecule has 0 aliphatic heterocycles. The molecule has 0 spiro atoms. The maximum Gasteiger partial charge on any atom is 0.258 e. The van der Waals surface area contributed by atoms with Gasteiger partial charge in [0.05, 0.1) is 19.3 Å². The molecule has 0 radical (unpaired) electrons. The number of methoxy groups -OCH3 is 1. The van der Waals surface area contributed by atoms with E-state index >= 15 is 0 Å². The van der Waals surface area contributed by atoms with Gasteiger partial charge < -0.3 is 24.6 Å². The van der Waals surface area contributed by atoms with E-state index in [1.54, 1.807) is 31.4 Å². The third kappa shape index (κ3) is 6.97. The molecule has 6 heteroatoms. The molecule has 1 rings (SSSR count). The fourth-order valence-electron chi connectivity index (χ4n) is 1.77. The number of amides is 1. The van der Waals surface area contributed by atoms with E-state index in [-0.39, 0.29) is 25.2 Å². The number of benzene rings is 1. The third-order valence-corrected chi connectivity index (χ3v) is 2.72. The smallest absolute Gasteiger partial charge is 0.258 e. The van der Waals surface area contributed by atoms with Crippen LogP contribution < -0.4 is 14.8 Å². The van der Waals surface area contributed by atoms with Crippen molar-refractivity contribution >= 4 is 5.91 Å². The normalized spacial score (nSPS) is 11.8. The van der Waals surface area contributed by atoms with Crippen molar-refractivity contribution in [2.75, 3.05) is 33.5 Å². The fourth-order valence-corrected chi connectivity index (χ4v) is 1.77. The minimum absolute atomic E-state index is 0.00590. The van der Waals surface area contributed by atoms with Crippen molar-refractivity contribution in [1.82, 2.24) is 5.32 Å². The van der Waals surface area contributed by atoms with Crippen molar-refractivity contribution in [2.45, 2.75) is 19.4 Å². The Balaban J connectivity index is 2.37. The van der Waals surface area contributed by atoms with Crippen LogP contribution in [0.25, 0.3) is 0 Å². The quantitative estimate of drug-likeness (QED) is 0.673. The second kappa shape index (κ2) is 10.0. The lowest BCUT2D eigenvalue weighted by molar-refractivity contribution is -0.124. The van der Waals surface area contributed by atoms with E-state index in [0.29, 0.717) is 25.4 Å². The largest absolute Gasteiger partial charge is 0.494 e. The van der Waals surface area contributed by atoms with E-state index < -0.39 is 0 Å². The monoisotopic (exact) mass is 297 g/mol. The molecule has 2 N–H and O–H groups in total. The molecule has 6 nitrogen and oxygen atoms in total. The van der Waals surface area contributed by atoms with Gasteiger partial charge in [0.2, 0.25) is 0 Å². The van der Waals surface area contributed by atoms with Crippen molar-refractivity contribution in [1.29, 1.82) is 0 Å². The van der Waals surface area contributed by atoms with Gasteiger partial charge in [-0.25, -0.2) is 0 Å². The van der Waals surface area contributed by atoms with Gasteiger partial charge in [-0.2, -0.15) is 0 Å². The number of aliphatic hydroxyl groups excluding tert-OH is 1. The summed E-state index contributed by atoms with van der Waals surface area (Å²) >= 11 is 0. The Morgan fingerprint density at radius 3 is 2.38 bits per heavy atom. The van der Waals surface area contributed by atoms with Crippen LogP contribution in [0.3, 0.4) is 0 Å². The fraction of sp³-hybridized carbons (Fsp3) is 0.533. The van der Waals surface area contributed by atoms with Gasteiger partial charge in [0.25, 0.3) is 5.91 Å². The van der Waals surface area contributed by atoms with Crippen molar-refractivity contribution in [3.8, 4) is 11.5 Å². The van der Waals surface area contributed by atoms with Crippen LogP contribution in [0.5, 0.6) is 11.5 Å². The van der Waals surface area contributed by atoms with Gasteiger partial charge in [-0.05, 0) is 37.6 Å². The highest BCUT2D eigenvalue weighted by Gasteiger charge is 2.12. The summed E-state index contributed by atoms with van der Waals surface area (Å²) in [6.45, 7) is 2.79. The Labute approximate surface area is 125 Å². The molecule has 1 aromatic carbocycles. The van der Waals surface area contributed by atoms with Gasteiger partial charge in [0, 0.05) is 13.7 Å². The molecule has 1 atom stereocenters. The zero-order valence-electron chi connectivity index (χ0n) is 12.5. The summed E-state index contributed by atoms with van der Waals surface area (Å²) in [4.78, 5) is 11.7. The molecule has 0 saturated carbocycles. The molecule has 0 saturated heterocycles. The first-order valence-corrected chi connectivity index (χ1v) is 6.94. The molecule has 1 amide bonds. The predicted molar refractivity (Wildman–Crippen MR) is 78.6 cm³/mol. The molecule has 0 aromatic heterocycles. The zero-order chi connectivity index (χ0) is 15.5. The van der Waals surface area contributed by atoms with Gasteiger partial charge >= 0.3 is 0 Å². The maximum absolute atomic E-state index is 11.7. The predicted octanol–water partition coefficient (Wildman–Crippen LogP) is 0.978. The Morgan fingerprint density at radius 1 is 1.24 bits per heavy atom. The molecule has 21 heavy (non-hydrogen) atoms. The number of ether oxygens (including phenoxy) is 3. The van der Waals surface area contributed by atoms with Crippen LogP contribution in [-0.2, 0) is 9.53 Å². The molecule has 0 heterocycles. The van der Waals surface area contributed by atoms with Gasteiger partial charge in [-0.15, -0.1) is 0 Å². The van der Waals surface area contributed by atoms with E-state index in [1.807, 2.05) is 6.92 Å². The van der Waals surface area contributed by atoms with Crippen molar-refractivity contribution in [2.24, 2.45) is 0 Å². The lowest BCUT2D eigenvalue weighted by Gasteiger charge is -2.17. The third-order valence-electron chi connectivity index (χ3n) is 2.72. The first kappa shape index (κ1) is 17.3. The molecule has 118 valence electrons. The first-order valence-electron chi connectivity index (χ1n) is 6.94. The molecule has 0 fully saturated rings. The lowest BCUT2D eigenvalue weighted by Crippen LogP contribution is -2.41. The average molecular weight is 297 g/mol. The highest BCUT2D eigenvalue weighted by Crippen LogP contribution is 2.17. The molecule has 0 aliphatic carbocycles. The minimum atomic E-state index is -0.251. The van der Waals surface area contributed by atoms with E-state index in [4.69, 9.17) is 19.3 Å². The standard InChI is InChI=1S/C15H23NO5/c1-3-20-13-4-6-14(7-5-13)21-11-15(18)16-12(8-9-17)10-19-2/h4-7,12,17H,3,8-11H2,1-2H3,(H,16,18). The highest BCUT2D eigenvalue weighted by atomic mass is 16.5. The summed E-state index contributed by atoms with van der Waals surface area (Å²) in [6, 6.07) is 6.86. The van der Waals surface area contributed by atoms with Crippen molar-refractivity contribution < 1.29 is 24.1 Å². The summed E-state index contributed by atoms with van der Waals surface area (Å²) < 4.78 is 15.7. The van der Waals surface area contributed by atoms with Crippen LogP contribution in [-0.4, -0.2) is 50.6 Å². The summed E-state index contributed by atoms with van der Waals surface area (Å²) in [7, 11) is 1.55. The highest BCUT2D eigenvalue weighted by molar-refractivity contribution is 5.77. The second-order valence-corrected chi connectivity index (χ2v) is 4.43. The van der Waals surface area contributed by atoms with Crippen molar-refractivity contribution in [3.05, 3.63) is 24.3 Å². The topological polar surface area (TPSA) is 77.0 Å². The molecule has 1 unspecified atom stereocenters. The van der Waals surface area contributed by atoms with Crippen LogP contribution in [0.4, 0.5) is 0 Å². The summed E-state index contributed by atoms with van der Waals surface area (Å²) in [5.41, 5.74) is 0. The summed E-state index contributed by atoms with van der Waals surface area (Å²) in [5, 5.41) is 11.7. The lowest BCUT2D eigenvalue weighted by atomic mass is 10.2. The van der Waals surface area contributed by atoms with Gasteiger partial charge in [0.15, 0.2) is 6.61 Å². The van der Waals surface area contributed by atoms with Crippen LogP contribution in [0, 0.1) is 0 Å². The average Bonchev–Trinajstić information content (AvgIpc) is 2.47. The number of carbonyl (C=O) groups excluding carboxylic acids is 1. The first-order chi connectivity index (χ1) is 10.2. The van der Waals surface area contributed by atoms with E-state index in [9.17, 15) is 4.79 Å². The minimum Gasteiger partial charge on any atom is -0.494 e. The van der Waals surface area contributed by atoms with E-state index in [1.165, 1.54) is 0 Å². The SMILES string of the molecule is CCOc1ccc(OCC(=O)NC(CCO)COC)cc1. The van der Waals surface area contributed by atoms with Crippen LogP contribution >= 0.6 is 0 Å². The number of aliphatic hydroxyl groups is 1. The van der Waals surface area contributed by atoms with Crippen LogP contribution in [0.1, 0.15) is 13.3 Å². The maximum atomic E-state index is 11.7. The van der Waals surface area contributed by atoms with Crippen LogP contribution in [0.2, 0.25) is 0 Å². The van der Waals surface area contributed by atoms with Gasteiger partial charge in [0.1, 0.15) is 11.5 Å².